The fraction of sp³-hybridized carbons (Fsp3) is 1.00. The Bertz CT molecular complexity index is 228. The normalized spacial score (nSPS) is 27.7. The first-order chi connectivity index (χ1) is 8.74. The Labute approximate surface area is 112 Å². The maximum atomic E-state index is 6.10. The van der Waals surface area contributed by atoms with Crippen molar-refractivity contribution >= 4 is 0 Å². The number of nitrogens with two attached hydrogens (primary N) is 1. The number of hydrogen-bond acceptors (Lipinski definition) is 4. The summed E-state index contributed by atoms with van der Waals surface area (Å²) in [6, 6.07) is 0. The van der Waals surface area contributed by atoms with Gasteiger partial charge in [0.2, 0.25) is 0 Å². The smallest absolute Gasteiger partial charge is 0.0448 e. The van der Waals surface area contributed by atoms with Gasteiger partial charge in [0.1, 0.15) is 0 Å². The molecule has 0 radical (unpaired) electrons. The highest BCUT2D eigenvalue weighted by Gasteiger charge is 2.31. The summed E-state index contributed by atoms with van der Waals surface area (Å²) in [6.07, 6.45) is 9.33. The molecule has 18 heavy (non-hydrogen) atoms. The molecule has 106 valence electrons. The van der Waals surface area contributed by atoms with Gasteiger partial charge in [-0.05, 0) is 19.9 Å². The molecular formula is C14H30N4. The number of rotatable bonds is 3. The van der Waals surface area contributed by atoms with E-state index in [4.69, 9.17) is 5.73 Å². The van der Waals surface area contributed by atoms with E-state index in [2.05, 4.69) is 22.4 Å². The van der Waals surface area contributed by atoms with Crippen LogP contribution in [0.1, 0.15) is 44.9 Å². The lowest BCUT2D eigenvalue weighted by atomic mass is 9.84. The molecule has 1 saturated heterocycles. The third-order valence-corrected chi connectivity index (χ3v) is 4.60. The summed E-state index contributed by atoms with van der Waals surface area (Å²) in [5.41, 5.74) is 10.1. The van der Waals surface area contributed by atoms with Crippen LogP contribution in [0.4, 0.5) is 0 Å². The van der Waals surface area contributed by atoms with Crippen LogP contribution in [-0.4, -0.2) is 55.2 Å². The number of hydrogen-bond donors (Lipinski definition) is 2. The molecule has 0 bridgehead atoms. The highest BCUT2D eigenvalue weighted by atomic mass is 15.5. The van der Waals surface area contributed by atoms with E-state index in [0.717, 1.165) is 32.7 Å². The van der Waals surface area contributed by atoms with Crippen molar-refractivity contribution in [1.82, 2.24) is 15.3 Å². The second-order valence-electron chi connectivity index (χ2n) is 6.15. The first kappa shape index (κ1) is 14.3. The topological polar surface area (TPSA) is 44.5 Å². The number of likely N-dealkylation sites (N-methyl/N-ethyl adjacent to an activating group) is 1. The first-order valence-corrected chi connectivity index (χ1v) is 7.65. The summed E-state index contributed by atoms with van der Waals surface area (Å²) in [5.74, 6) is 0. The van der Waals surface area contributed by atoms with Gasteiger partial charge in [-0.25, -0.2) is 10.4 Å². The van der Waals surface area contributed by atoms with Crippen molar-refractivity contribution in [3.05, 3.63) is 0 Å². The highest BCUT2D eigenvalue weighted by molar-refractivity contribution is 4.90. The molecule has 2 aliphatic rings. The molecule has 4 nitrogen and oxygen atoms in total. The molecule has 1 saturated carbocycles. The molecule has 0 atom stereocenters. The predicted octanol–water partition coefficient (Wildman–Crippen LogP) is 1.18. The average molecular weight is 254 g/mol. The quantitative estimate of drug-likeness (QED) is 0.794. The Balaban J connectivity index is 1.89. The van der Waals surface area contributed by atoms with Crippen LogP contribution in [0.25, 0.3) is 0 Å². The Hall–Kier alpha value is -0.160. The maximum Gasteiger partial charge on any atom is 0.0448 e. The van der Waals surface area contributed by atoms with E-state index in [-0.39, 0.29) is 5.54 Å². The van der Waals surface area contributed by atoms with Gasteiger partial charge < -0.3 is 10.6 Å². The van der Waals surface area contributed by atoms with Crippen LogP contribution in [-0.2, 0) is 0 Å². The van der Waals surface area contributed by atoms with Gasteiger partial charge in [-0.1, -0.05) is 32.1 Å². The largest absolute Gasteiger partial charge is 0.329 e. The van der Waals surface area contributed by atoms with Crippen molar-refractivity contribution < 1.29 is 0 Å². The van der Waals surface area contributed by atoms with Gasteiger partial charge in [0.25, 0.3) is 0 Å². The summed E-state index contributed by atoms with van der Waals surface area (Å²) >= 11 is 0. The minimum Gasteiger partial charge on any atom is -0.329 e. The lowest BCUT2D eigenvalue weighted by Crippen LogP contribution is -2.62. The van der Waals surface area contributed by atoms with Gasteiger partial charge in [-0.2, -0.15) is 0 Å². The molecule has 1 aliphatic heterocycles. The van der Waals surface area contributed by atoms with Crippen molar-refractivity contribution in [1.29, 1.82) is 0 Å². The van der Waals surface area contributed by atoms with E-state index >= 15 is 0 Å². The predicted molar refractivity (Wildman–Crippen MR) is 76.3 cm³/mol. The van der Waals surface area contributed by atoms with Crippen LogP contribution in [0.3, 0.4) is 0 Å². The highest BCUT2D eigenvalue weighted by Crippen LogP contribution is 2.26. The third-order valence-electron chi connectivity index (χ3n) is 4.60. The summed E-state index contributed by atoms with van der Waals surface area (Å²) in [7, 11) is 2.20. The molecule has 0 spiro atoms. The number of hydrazine groups is 1. The minimum absolute atomic E-state index is 0.177. The summed E-state index contributed by atoms with van der Waals surface area (Å²) in [4.78, 5) is 2.39. The van der Waals surface area contributed by atoms with Gasteiger partial charge in [0.05, 0.1) is 0 Å². The van der Waals surface area contributed by atoms with Crippen molar-refractivity contribution in [2.45, 2.75) is 50.5 Å². The molecule has 0 unspecified atom stereocenters. The zero-order chi connectivity index (χ0) is 12.8. The number of nitrogens with one attached hydrogen (secondary N) is 1. The standard InChI is InChI=1S/C14H30N4/c1-17-9-11-18(12-10-17)16-14(13-15)7-5-3-2-4-6-8-14/h16H,2-13,15H2,1H3. The lowest BCUT2D eigenvalue weighted by molar-refractivity contribution is 0.0439. The van der Waals surface area contributed by atoms with Gasteiger partial charge in [-0.15, -0.1) is 0 Å². The Morgan fingerprint density at radius 2 is 1.50 bits per heavy atom. The molecule has 0 aromatic rings. The van der Waals surface area contributed by atoms with E-state index in [1.807, 2.05) is 0 Å². The average Bonchev–Trinajstić information content (AvgIpc) is 2.36. The van der Waals surface area contributed by atoms with Crippen LogP contribution in [0.5, 0.6) is 0 Å². The zero-order valence-corrected chi connectivity index (χ0v) is 12.0. The fourth-order valence-corrected chi connectivity index (χ4v) is 3.20. The maximum absolute atomic E-state index is 6.10. The molecular weight excluding hydrogens is 224 g/mol. The second kappa shape index (κ2) is 6.85. The number of nitrogens with zero attached hydrogens (tertiary/aromatic N) is 2. The molecule has 0 amide bonds. The van der Waals surface area contributed by atoms with Gasteiger partial charge in [0, 0.05) is 38.3 Å². The van der Waals surface area contributed by atoms with Crippen molar-refractivity contribution in [3.63, 3.8) is 0 Å². The Morgan fingerprint density at radius 3 is 2.06 bits per heavy atom. The van der Waals surface area contributed by atoms with Crippen LogP contribution in [0, 0.1) is 0 Å². The molecule has 3 N–H and O–H groups in total. The van der Waals surface area contributed by atoms with Crippen molar-refractivity contribution in [2.75, 3.05) is 39.8 Å². The molecule has 0 aromatic carbocycles. The Morgan fingerprint density at radius 1 is 0.944 bits per heavy atom. The SMILES string of the molecule is CN1CCN(NC2(CN)CCCCCCC2)CC1. The van der Waals surface area contributed by atoms with E-state index < -0.39 is 0 Å². The van der Waals surface area contributed by atoms with Gasteiger partial charge >= 0.3 is 0 Å². The monoisotopic (exact) mass is 254 g/mol. The van der Waals surface area contributed by atoms with Gasteiger partial charge in [-0.3, -0.25) is 0 Å². The second-order valence-corrected chi connectivity index (χ2v) is 6.15. The summed E-state index contributed by atoms with van der Waals surface area (Å²) < 4.78 is 0. The molecule has 2 fully saturated rings. The Kier molecular flexibility index (Phi) is 5.42. The minimum atomic E-state index is 0.177. The summed E-state index contributed by atoms with van der Waals surface area (Å²) in [6.45, 7) is 5.34. The summed E-state index contributed by atoms with van der Waals surface area (Å²) in [5, 5.41) is 2.41. The van der Waals surface area contributed by atoms with Crippen LogP contribution >= 0.6 is 0 Å². The van der Waals surface area contributed by atoms with Crippen LogP contribution in [0.2, 0.25) is 0 Å². The molecule has 2 rings (SSSR count). The van der Waals surface area contributed by atoms with E-state index in [9.17, 15) is 0 Å². The third kappa shape index (κ3) is 3.92. The van der Waals surface area contributed by atoms with Crippen molar-refractivity contribution in [3.8, 4) is 0 Å². The van der Waals surface area contributed by atoms with Crippen LogP contribution < -0.4 is 11.2 Å². The van der Waals surface area contributed by atoms with Gasteiger partial charge in [0.15, 0.2) is 0 Å². The molecule has 1 aliphatic carbocycles. The van der Waals surface area contributed by atoms with Crippen molar-refractivity contribution in [2.24, 2.45) is 5.73 Å². The van der Waals surface area contributed by atoms with E-state index in [1.54, 1.807) is 0 Å². The fourth-order valence-electron chi connectivity index (χ4n) is 3.20. The zero-order valence-electron chi connectivity index (χ0n) is 12.0. The first-order valence-electron chi connectivity index (χ1n) is 7.65. The van der Waals surface area contributed by atoms with E-state index in [0.29, 0.717) is 0 Å². The number of piperazine rings is 1. The lowest BCUT2D eigenvalue weighted by Gasteiger charge is -2.43. The molecule has 1 heterocycles. The van der Waals surface area contributed by atoms with Crippen LogP contribution in [0.15, 0.2) is 0 Å². The molecule has 4 heteroatoms. The molecule has 0 aromatic heterocycles. The van der Waals surface area contributed by atoms with E-state index in [1.165, 1.54) is 44.9 Å².